The monoisotopic (exact) mass is 800 g/mol. The van der Waals surface area contributed by atoms with E-state index in [1.165, 1.54) is 16.2 Å². The van der Waals surface area contributed by atoms with Crippen LogP contribution in [-0.2, 0) is 0 Å². The van der Waals surface area contributed by atoms with Crippen LogP contribution in [0.15, 0.2) is 206 Å². The van der Waals surface area contributed by atoms with Gasteiger partial charge in [-0.3, -0.25) is 0 Å². The van der Waals surface area contributed by atoms with Crippen molar-refractivity contribution in [3.63, 3.8) is 0 Å². The number of benzene rings is 8. The number of hydrogen-bond donors (Lipinski definition) is 0. The zero-order chi connectivity index (χ0) is 40.3. The van der Waals surface area contributed by atoms with Gasteiger partial charge in [0.2, 0.25) is 17.7 Å². The molecule has 0 saturated heterocycles. The molecule has 61 heavy (non-hydrogen) atoms. The Kier molecular flexibility index (Phi) is 8.21. The Bertz CT molecular complexity index is 3530. The summed E-state index contributed by atoms with van der Waals surface area (Å²) in [7, 11) is 0. The Hall–Kier alpha value is -8.07. The number of rotatable bonds is 7. The second-order valence-electron chi connectivity index (χ2n) is 15.0. The molecule has 286 valence electrons. The van der Waals surface area contributed by atoms with Gasteiger partial charge >= 0.3 is 0 Å². The summed E-state index contributed by atoms with van der Waals surface area (Å²) in [5.41, 5.74) is 12.4. The minimum absolute atomic E-state index is 0.651. The highest BCUT2D eigenvalue weighted by Gasteiger charge is 2.23. The Morgan fingerprint density at radius 2 is 0.918 bits per heavy atom. The first-order chi connectivity index (χ1) is 30.3. The van der Waals surface area contributed by atoms with Gasteiger partial charge in [0.1, 0.15) is 15.7 Å². The molecular weight excluding hydrogens is 767 g/mol. The van der Waals surface area contributed by atoms with Crippen molar-refractivity contribution in [2.75, 3.05) is 0 Å². The molecule has 0 radical (unpaired) electrons. The van der Waals surface area contributed by atoms with E-state index in [1.54, 1.807) is 11.3 Å². The summed E-state index contributed by atoms with van der Waals surface area (Å²) < 4.78 is 6.64. The van der Waals surface area contributed by atoms with Gasteiger partial charge in [-0.25, -0.2) is 4.98 Å². The molecule has 0 aliphatic carbocycles. The molecule has 4 aromatic heterocycles. The van der Waals surface area contributed by atoms with E-state index in [0.717, 1.165) is 82.5 Å². The number of para-hydroxylation sites is 6. The summed E-state index contributed by atoms with van der Waals surface area (Å²) in [5.74, 6) is 0.651. The summed E-state index contributed by atoms with van der Waals surface area (Å²) in [5, 5.41) is 21.3. The van der Waals surface area contributed by atoms with Crippen molar-refractivity contribution in [3.8, 4) is 60.8 Å². The van der Waals surface area contributed by atoms with Gasteiger partial charge in [0.25, 0.3) is 0 Å². The predicted octanol–water partition coefficient (Wildman–Crippen LogP) is 12.5. The third-order valence-electron chi connectivity index (χ3n) is 11.4. The van der Waals surface area contributed by atoms with Crippen molar-refractivity contribution in [2.45, 2.75) is 0 Å². The van der Waals surface area contributed by atoms with Crippen LogP contribution in [0.4, 0.5) is 0 Å². The number of aromatic nitrogens is 7. The highest BCUT2D eigenvalue weighted by molar-refractivity contribution is 7.18. The van der Waals surface area contributed by atoms with Crippen LogP contribution in [0, 0.1) is 0 Å². The van der Waals surface area contributed by atoms with Gasteiger partial charge in [0.15, 0.2) is 0 Å². The van der Waals surface area contributed by atoms with Gasteiger partial charge in [0.05, 0.1) is 22.1 Å². The van der Waals surface area contributed by atoms with Gasteiger partial charge < -0.3 is 9.13 Å². The molecule has 8 aromatic carbocycles. The summed E-state index contributed by atoms with van der Waals surface area (Å²) in [6.07, 6.45) is 2.01. The van der Waals surface area contributed by atoms with E-state index in [9.17, 15) is 0 Å². The highest BCUT2D eigenvalue weighted by Crippen LogP contribution is 2.43. The van der Waals surface area contributed by atoms with Crippen LogP contribution >= 0.6 is 11.3 Å². The molecule has 0 amide bonds. The molecule has 0 aliphatic heterocycles. The lowest BCUT2D eigenvalue weighted by Gasteiger charge is -2.12. The Labute approximate surface area is 354 Å². The summed E-state index contributed by atoms with van der Waals surface area (Å²) in [4.78, 5) is 5.14. The molecule has 0 fully saturated rings. The fraction of sp³-hybridized carbons (Fsp3) is 0. The predicted molar refractivity (Wildman–Crippen MR) is 247 cm³/mol. The smallest absolute Gasteiger partial charge is 0.238 e. The van der Waals surface area contributed by atoms with Crippen LogP contribution in [0.25, 0.3) is 104 Å². The molecule has 4 heterocycles. The Balaban J connectivity index is 1.03. The second-order valence-corrected chi connectivity index (χ2v) is 16.0. The highest BCUT2D eigenvalue weighted by atomic mass is 32.1. The largest absolute Gasteiger partial charge is 0.309 e. The number of nitrogens with zero attached hydrogens (tertiary/aromatic N) is 7. The Morgan fingerprint density at radius 3 is 1.56 bits per heavy atom. The first-order valence-corrected chi connectivity index (χ1v) is 21.1. The van der Waals surface area contributed by atoms with Gasteiger partial charge in [-0.2, -0.15) is 0 Å². The van der Waals surface area contributed by atoms with Gasteiger partial charge in [0, 0.05) is 72.4 Å². The Morgan fingerprint density at radius 1 is 0.426 bits per heavy atom. The summed E-state index contributed by atoms with van der Waals surface area (Å²) >= 11 is 1.63. The quantitative estimate of drug-likeness (QED) is 0.151. The average Bonchev–Trinajstić information content (AvgIpc) is 4.06. The fourth-order valence-electron chi connectivity index (χ4n) is 8.71. The van der Waals surface area contributed by atoms with Crippen LogP contribution < -0.4 is 4.68 Å². The van der Waals surface area contributed by atoms with Crippen LogP contribution in [0.1, 0.15) is 0 Å². The first kappa shape index (κ1) is 34.9. The maximum atomic E-state index is 5.14. The van der Waals surface area contributed by atoms with E-state index in [-0.39, 0.29) is 0 Å². The van der Waals surface area contributed by atoms with E-state index in [0.29, 0.717) is 5.82 Å². The van der Waals surface area contributed by atoms with E-state index >= 15 is 0 Å². The number of fused-ring (bicyclic) bond motifs is 6. The van der Waals surface area contributed by atoms with Crippen LogP contribution in [-0.4, -0.2) is 29.4 Å². The van der Waals surface area contributed by atoms with E-state index in [1.807, 2.05) is 59.4 Å². The van der Waals surface area contributed by atoms with E-state index in [4.69, 9.17) is 20.3 Å². The van der Waals surface area contributed by atoms with Gasteiger partial charge in [-0.15, -0.1) is 10.2 Å². The molecule has 12 aromatic rings. The van der Waals surface area contributed by atoms with E-state index in [2.05, 4.69) is 161 Å². The lowest BCUT2D eigenvalue weighted by Crippen LogP contribution is -2.36. The first-order valence-electron chi connectivity index (χ1n) is 20.2. The number of hydrogen-bond acceptors (Lipinski definition) is 5. The van der Waals surface area contributed by atoms with Crippen molar-refractivity contribution in [2.24, 2.45) is 0 Å². The van der Waals surface area contributed by atoms with Crippen LogP contribution in [0.2, 0.25) is 0 Å². The molecule has 0 spiro atoms. The molecule has 12 rings (SSSR count). The SMILES string of the molecule is c1ccc(-c2nc(-c3cccc(-n4c5ccccc5c5cccc(-c6nnc(-c7cccc8c9ccccc9n(-c9ccccc9)c78)s6)c54)c3)c[n+](-c3ccccc3)n2)cc1. The third kappa shape index (κ3) is 5.84. The van der Waals surface area contributed by atoms with E-state index < -0.39 is 0 Å². The molecule has 7 nitrogen and oxygen atoms in total. The maximum Gasteiger partial charge on any atom is 0.238 e. The molecule has 0 N–H and O–H groups in total. The zero-order valence-corrected chi connectivity index (χ0v) is 33.5. The third-order valence-corrected chi connectivity index (χ3v) is 12.4. The standard InChI is InChI=1S/C53H34N7S/c1-4-17-35(18-5-1)51-54-46(34-58(57-51)37-20-6-2-7-21-37)36-19-14-24-39(33-36)60-48-32-13-11-26-41(48)43-28-16-30-45(50(43)60)53-56-55-52(61-53)44-29-15-27-42-40-25-10-12-31-47(40)59(49(42)44)38-22-8-3-9-23-38/h1-34H/q+1. The van der Waals surface area contributed by atoms with Crippen LogP contribution in [0.5, 0.6) is 0 Å². The van der Waals surface area contributed by atoms with Crippen molar-refractivity contribution in [1.82, 2.24) is 29.4 Å². The molecule has 0 atom stereocenters. The van der Waals surface area contributed by atoms with Crippen molar-refractivity contribution < 1.29 is 4.68 Å². The van der Waals surface area contributed by atoms with Crippen molar-refractivity contribution in [3.05, 3.63) is 206 Å². The molecule has 0 saturated carbocycles. The fourth-order valence-corrected chi connectivity index (χ4v) is 9.61. The van der Waals surface area contributed by atoms with Crippen LogP contribution in [0.3, 0.4) is 0 Å². The van der Waals surface area contributed by atoms with Gasteiger partial charge in [-0.1, -0.05) is 151 Å². The minimum atomic E-state index is 0.651. The van der Waals surface area contributed by atoms with Gasteiger partial charge in [-0.05, 0) is 53.2 Å². The molecule has 8 heteroatoms. The lowest BCUT2D eigenvalue weighted by molar-refractivity contribution is -0.658. The minimum Gasteiger partial charge on any atom is -0.309 e. The summed E-state index contributed by atoms with van der Waals surface area (Å²) in [6.45, 7) is 0. The topological polar surface area (TPSA) is 65.3 Å². The summed E-state index contributed by atoms with van der Waals surface area (Å²) in [6, 6.07) is 69.8. The molecule has 0 unspecified atom stereocenters. The normalized spacial score (nSPS) is 11.6. The van der Waals surface area contributed by atoms with Crippen molar-refractivity contribution in [1.29, 1.82) is 0 Å². The molecular formula is C53H34N7S+. The lowest BCUT2D eigenvalue weighted by atomic mass is 10.1. The second kappa shape index (κ2) is 14.3. The molecule has 0 bridgehead atoms. The van der Waals surface area contributed by atoms with Crippen molar-refractivity contribution >= 4 is 54.9 Å². The molecule has 0 aliphatic rings. The zero-order valence-electron chi connectivity index (χ0n) is 32.7. The average molecular weight is 801 g/mol. The maximum absolute atomic E-state index is 5.14.